The molecule has 1 aromatic carbocycles. The van der Waals surface area contributed by atoms with Crippen LogP contribution < -0.4 is 10.6 Å². The molecule has 2 N–H and O–H groups in total. The van der Waals surface area contributed by atoms with Crippen LogP contribution in [-0.4, -0.2) is 46.5 Å². The summed E-state index contributed by atoms with van der Waals surface area (Å²) in [6.45, 7) is 10.8. The van der Waals surface area contributed by atoms with Gasteiger partial charge in [0, 0.05) is 18.1 Å². The molecule has 7 heteroatoms. The molecule has 1 aromatic rings. The number of carbonyl (C=O) groups is 3. The molecule has 0 radical (unpaired) electrons. The van der Waals surface area contributed by atoms with Gasteiger partial charge in [0.2, 0.25) is 0 Å². The van der Waals surface area contributed by atoms with Gasteiger partial charge in [-0.25, -0.2) is 4.79 Å². The number of nitrogens with zero attached hydrogens (tertiary/aromatic N) is 1. The van der Waals surface area contributed by atoms with E-state index in [1.54, 1.807) is 39.5 Å². The summed E-state index contributed by atoms with van der Waals surface area (Å²) in [6, 6.07) is 8.86. The standard InChI is InChI=1S/C23H35N3O4/c1-15-11-10-14-19(18-12-8-7-9-13-18)26(15)21(28)20(27)24-16(2)17(3)25-22(29)30-23(4,5)6/h7-9,12-13,15-17,19H,10-11,14H2,1-6H3,(H,24,27)(H,25,29)/t15-,16+,17?,19-/m1/s1. The number of hydrogen-bond donors (Lipinski definition) is 2. The molecule has 30 heavy (non-hydrogen) atoms. The van der Waals surface area contributed by atoms with Crippen molar-refractivity contribution >= 4 is 17.9 Å². The number of hydrogen-bond acceptors (Lipinski definition) is 4. The second-order valence-electron chi connectivity index (χ2n) is 9.12. The van der Waals surface area contributed by atoms with E-state index < -0.39 is 35.6 Å². The Bertz CT molecular complexity index is 745. The van der Waals surface area contributed by atoms with Crippen LogP contribution >= 0.6 is 0 Å². The molecule has 4 atom stereocenters. The van der Waals surface area contributed by atoms with Crippen molar-refractivity contribution in [2.45, 2.75) is 90.6 Å². The van der Waals surface area contributed by atoms with E-state index in [9.17, 15) is 14.4 Å². The van der Waals surface area contributed by atoms with Gasteiger partial charge in [-0.2, -0.15) is 0 Å². The maximum Gasteiger partial charge on any atom is 0.407 e. The quantitative estimate of drug-likeness (QED) is 0.734. The molecule has 0 saturated carbocycles. The Morgan fingerprint density at radius 1 is 1.03 bits per heavy atom. The highest BCUT2D eigenvalue weighted by Gasteiger charge is 2.36. The number of nitrogens with one attached hydrogen (secondary N) is 2. The first-order valence-corrected chi connectivity index (χ1v) is 10.7. The number of alkyl carbamates (subject to hydrolysis) is 1. The third-order valence-electron chi connectivity index (χ3n) is 5.38. The third kappa shape index (κ3) is 6.47. The molecule has 0 spiro atoms. The molecule has 2 rings (SSSR count). The number of piperidine rings is 1. The monoisotopic (exact) mass is 417 g/mol. The molecule has 1 saturated heterocycles. The van der Waals surface area contributed by atoms with Gasteiger partial charge in [-0.1, -0.05) is 30.3 Å². The predicted molar refractivity (Wildman–Crippen MR) is 116 cm³/mol. The summed E-state index contributed by atoms with van der Waals surface area (Å²) in [5.41, 5.74) is 0.432. The minimum atomic E-state index is -0.657. The van der Waals surface area contributed by atoms with E-state index in [-0.39, 0.29) is 12.1 Å². The van der Waals surface area contributed by atoms with Crippen molar-refractivity contribution in [2.24, 2.45) is 0 Å². The van der Waals surface area contributed by atoms with Gasteiger partial charge in [0.05, 0.1) is 6.04 Å². The van der Waals surface area contributed by atoms with Crippen LogP contribution in [0, 0.1) is 0 Å². The first-order valence-electron chi connectivity index (χ1n) is 10.7. The van der Waals surface area contributed by atoms with Crippen molar-refractivity contribution in [3.8, 4) is 0 Å². The Kier molecular flexibility index (Phi) is 7.87. The molecule has 1 heterocycles. The molecule has 166 valence electrons. The topological polar surface area (TPSA) is 87.7 Å². The van der Waals surface area contributed by atoms with E-state index >= 15 is 0 Å². The minimum Gasteiger partial charge on any atom is -0.444 e. The molecule has 3 amide bonds. The number of carbonyl (C=O) groups excluding carboxylic acids is 3. The summed E-state index contributed by atoms with van der Waals surface area (Å²) in [5.74, 6) is -1.19. The Labute approximate surface area is 179 Å². The fourth-order valence-corrected chi connectivity index (χ4v) is 3.67. The Hall–Kier alpha value is -2.57. The van der Waals surface area contributed by atoms with Crippen molar-refractivity contribution in [3.05, 3.63) is 35.9 Å². The molecular formula is C23H35N3O4. The molecule has 1 fully saturated rings. The van der Waals surface area contributed by atoms with Crippen molar-refractivity contribution in [1.82, 2.24) is 15.5 Å². The summed E-state index contributed by atoms with van der Waals surface area (Å²) in [5, 5.41) is 5.44. The summed E-state index contributed by atoms with van der Waals surface area (Å²) in [7, 11) is 0. The van der Waals surface area contributed by atoms with Crippen LogP contribution in [0.1, 0.15) is 72.4 Å². The van der Waals surface area contributed by atoms with Crippen LogP contribution in [0.4, 0.5) is 4.79 Å². The van der Waals surface area contributed by atoms with Gasteiger partial charge in [-0.3, -0.25) is 9.59 Å². The normalized spacial score (nSPS) is 21.3. The number of likely N-dealkylation sites (tertiary alicyclic amines) is 1. The number of amides is 3. The molecule has 0 aromatic heterocycles. The van der Waals surface area contributed by atoms with Crippen LogP contribution in [0.2, 0.25) is 0 Å². The van der Waals surface area contributed by atoms with Gasteiger partial charge in [0.25, 0.3) is 0 Å². The van der Waals surface area contributed by atoms with Gasteiger partial charge >= 0.3 is 17.9 Å². The molecule has 0 aliphatic carbocycles. The minimum absolute atomic E-state index is 0.0187. The average molecular weight is 418 g/mol. The number of rotatable bonds is 4. The van der Waals surface area contributed by atoms with Gasteiger partial charge in [-0.15, -0.1) is 0 Å². The van der Waals surface area contributed by atoms with Crippen LogP contribution in [0.5, 0.6) is 0 Å². The summed E-state index contributed by atoms with van der Waals surface area (Å²) in [4.78, 5) is 39.5. The first kappa shape index (κ1) is 23.7. The van der Waals surface area contributed by atoms with Gasteiger partial charge in [0.1, 0.15) is 5.60 Å². The lowest BCUT2D eigenvalue weighted by molar-refractivity contribution is -0.151. The molecule has 7 nitrogen and oxygen atoms in total. The zero-order valence-electron chi connectivity index (χ0n) is 18.9. The number of benzene rings is 1. The highest BCUT2D eigenvalue weighted by molar-refractivity contribution is 6.35. The Morgan fingerprint density at radius 3 is 2.23 bits per heavy atom. The molecule has 1 unspecified atom stereocenters. The second-order valence-corrected chi connectivity index (χ2v) is 9.12. The van der Waals surface area contributed by atoms with E-state index in [1.165, 1.54) is 0 Å². The summed E-state index contributed by atoms with van der Waals surface area (Å²) in [6.07, 6.45) is 2.16. The van der Waals surface area contributed by atoms with E-state index in [1.807, 2.05) is 37.3 Å². The molecule has 1 aliphatic rings. The summed E-state index contributed by atoms with van der Waals surface area (Å²) >= 11 is 0. The van der Waals surface area contributed by atoms with Crippen LogP contribution in [-0.2, 0) is 14.3 Å². The van der Waals surface area contributed by atoms with Crippen molar-refractivity contribution < 1.29 is 19.1 Å². The summed E-state index contributed by atoms with van der Waals surface area (Å²) < 4.78 is 5.25. The fraction of sp³-hybridized carbons (Fsp3) is 0.609. The van der Waals surface area contributed by atoms with E-state index in [4.69, 9.17) is 4.74 Å². The highest BCUT2D eigenvalue weighted by atomic mass is 16.6. The lowest BCUT2D eigenvalue weighted by atomic mass is 9.91. The lowest BCUT2D eigenvalue weighted by Gasteiger charge is -2.40. The van der Waals surface area contributed by atoms with Gasteiger partial charge in [0.15, 0.2) is 0 Å². The van der Waals surface area contributed by atoms with E-state index in [2.05, 4.69) is 10.6 Å². The molecule has 1 aliphatic heterocycles. The van der Waals surface area contributed by atoms with Gasteiger partial charge < -0.3 is 20.3 Å². The smallest absolute Gasteiger partial charge is 0.407 e. The van der Waals surface area contributed by atoms with Crippen molar-refractivity contribution in [2.75, 3.05) is 0 Å². The molecule has 0 bridgehead atoms. The van der Waals surface area contributed by atoms with Crippen LogP contribution in [0.15, 0.2) is 30.3 Å². The fourth-order valence-electron chi connectivity index (χ4n) is 3.67. The average Bonchev–Trinajstić information content (AvgIpc) is 2.66. The SMILES string of the molecule is CC(NC(=O)OC(C)(C)C)[C@H](C)NC(=O)C(=O)N1[C@H](C)CCC[C@@H]1c1ccccc1. The number of ether oxygens (including phenoxy) is 1. The van der Waals surface area contributed by atoms with E-state index in [0.717, 1.165) is 24.8 Å². The van der Waals surface area contributed by atoms with E-state index in [0.29, 0.717) is 0 Å². The highest BCUT2D eigenvalue weighted by Crippen LogP contribution is 2.34. The Balaban J connectivity index is 2.02. The second kappa shape index (κ2) is 9.96. The zero-order chi connectivity index (χ0) is 22.5. The third-order valence-corrected chi connectivity index (χ3v) is 5.38. The zero-order valence-corrected chi connectivity index (χ0v) is 18.9. The van der Waals surface area contributed by atoms with Crippen LogP contribution in [0.25, 0.3) is 0 Å². The Morgan fingerprint density at radius 2 is 1.63 bits per heavy atom. The predicted octanol–water partition coefficient (Wildman–Crippen LogP) is 3.55. The van der Waals surface area contributed by atoms with Crippen molar-refractivity contribution in [1.29, 1.82) is 0 Å². The lowest BCUT2D eigenvalue weighted by Crippen LogP contribution is -2.55. The maximum atomic E-state index is 13.1. The maximum absolute atomic E-state index is 13.1. The van der Waals surface area contributed by atoms with Crippen LogP contribution in [0.3, 0.4) is 0 Å². The van der Waals surface area contributed by atoms with Crippen molar-refractivity contribution in [3.63, 3.8) is 0 Å². The molecular weight excluding hydrogens is 382 g/mol. The first-order chi connectivity index (χ1) is 14.0. The largest absolute Gasteiger partial charge is 0.444 e. The van der Waals surface area contributed by atoms with Gasteiger partial charge in [-0.05, 0) is 66.4 Å².